The topological polar surface area (TPSA) is 88.4 Å². The van der Waals surface area contributed by atoms with Crippen molar-refractivity contribution in [3.8, 4) is 11.5 Å². The SMILES string of the molecule is COc1cc(C=C2SC(=Nc3c(C)cccc3C)N(c3ccccc3)C2=O)ccc1OCC(=O)O. The maximum absolute atomic E-state index is 13.5. The molecule has 7 nitrogen and oxygen atoms in total. The zero-order valence-corrected chi connectivity index (χ0v) is 20.3. The number of benzene rings is 3. The van der Waals surface area contributed by atoms with Gasteiger partial charge in [0.25, 0.3) is 5.91 Å². The fourth-order valence-corrected chi connectivity index (χ4v) is 4.60. The van der Waals surface area contributed by atoms with E-state index >= 15 is 0 Å². The fraction of sp³-hybridized carbons (Fsp3) is 0.148. The van der Waals surface area contributed by atoms with Gasteiger partial charge in [0.15, 0.2) is 23.3 Å². The first-order chi connectivity index (χ1) is 16.9. The molecule has 0 spiro atoms. The third-order valence-corrected chi connectivity index (χ3v) is 6.27. The Kier molecular flexibility index (Phi) is 7.22. The normalized spacial score (nSPS) is 15.6. The lowest BCUT2D eigenvalue weighted by Gasteiger charge is -2.16. The number of nitrogens with zero attached hydrogens (tertiary/aromatic N) is 2. The highest BCUT2D eigenvalue weighted by atomic mass is 32.2. The summed E-state index contributed by atoms with van der Waals surface area (Å²) in [6.07, 6.45) is 1.76. The van der Waals surface area contributed by atoms with Crippen LogP contribution in [0.5, 0.6) is 11.5 Å². The number of carboxylic acid groups (broad SMARTS) is 1. The first kappa shape index (κ1) is 24.1. The largest absolute Gasteiger partial charge is 0.493 e. The molecule has 0 atom stereocenters. The van der Waals surface area contributed by atoms with E-state index in [1.807, 2.05) is 62.4 Å². The van der Waals surface area contributed by atoms with Crippen molar-refractivity contribution in [1.29, 1.82) is 0 Å². The van der Waals surface area contributed by atoms with Crippen molar-refractivity contribution in [2.24, 2.45) is 4.99 Å². The van der Waals surface area contributed by atoms with Gasteiger partial charge in [-0.1, -0.05) is 42.5 Å². The van der Waals surface area contributed by atoms with Crippen molar-refractivity contribution < 1.29 is 24.2 Å². The zero-order chi connectivity index (χ0) is 24.9. The van der Waals surface area contributed by atoms with E-state index in [1.54, 1.807) is 29.2 Å². The van der Waals surface area contributed by atoms with Crippen molar-refractivity contribution in [3.63, 3.8) is 0 Å². The third kappa shape index (κ3) is 5.38. The molecule has 1 aliphatic rings. The number of hydrogen-bond donors (Lipinski definition) is 1. The lowest BCUT2D eigenvalue weighted by atomic mass is 10.1. The number of aryl methyl sites for hydroxylation is 2. The van der Waals surface area contributed by atoms with E-state index in [0.717, 1.165) is 22.5 Å². The van der Waals surface area contributed by atoms with Gasteiger partial charge >= 0.3 is 5.97 Å². The van der Waals surface area contributed by atoms with Gasteiger partial charge < -0.3 is 14.6 Å². The first-order valence-electron chi connectivity index (χ1n) is 10.8. The van der Waals surface area contributed by atoms with E-state index in [1.165, 1.54) is 18.9 Å². The fourth-order valence-electron chi connectivity index (χ4n) is 3.62. The van der Waals surface area contributed by atoms with E-state index in [0.29, 0.717) is 27.1 Å². The quantitative estimate of drug-likeness (QED) is 0.437. The lowest BCUT2D eigenvalue weighted by molar-refractivity contribution is -0.139. The zero-order valence-electron chi connectivity index (χ0n) is 19.5. The van der Waals surface area contributed by atoms with Gasteiger partial charge in [-0.25, -0.2) is 9.79 Å². The highest BCUT2D eigenvalue weighted by Gasteiger charge is 2.35. The van der Waals surface area contributed by atoms with Crippen molar-refractivity contribution >= 4 is 46.3 Å². The van der Waals surface area contributed by atoms with Gasteiger partial charge in [-0.3, -0.25) is 9.69 Å². The summed E-state index contributed by atoms with van der Waals surface area (Å²) in [5.74, 6) is -0.578. The summed E-state index contributed by atoms with van der Waals surface area (Å²) in [6.45, 7) is 3.52. The molecular formula is C27H24N2O5S. The number of hydrogen-bond acceptors (Lipinski definition) is 6. The van der Waals surface area contributed by atoms with Crippen LogP contribution in [0.2, 0.25) is 0 Å². The number of carbonyl (C=O) groups excluding carboxylic acids is 1. The molecule has 0 saturated carbocycles. The molecule has 0 aromatic heterocycles. The minimum absolute atomic E-state index is 0.184. The summed E-state index contributed by atoms with van der Waals surface area (Å²) in [5, 5.41) is 9.43. The summed E-state index contributed by atoms with van der Waals surface area (Å²) < 4.78 is 10.6. The molecule has 1 aliphatic heterocycles. The summed E-state index contributed by atoms with van der Waals surface area (Å²) in [7, 11) is 1.47. The lowest BCUT2D eigenvalue weighted by Crippen LogP contribution is -2.28. The van der Waals surface area contributed by atoms with E-state index in [9.17, 15) is 9.59 Å². The van der Waals surface area contributed by atoms with Gasteiger partial charge in [-0.05, 0) is 72.6 Å². The highest BCUT2D eigenvalue weighted by molar-refractivity contribution is 8.19. The van der Waals surface area contributed by atoms with E-state index < -0.39 is 12.6 Å². The minimum Gasteiger partial charge on any atom is -0.493 e. The Bertz CT molecular complexity index is 1310. The number of rotatable bonds is 7. The van der Waals surface area contributed by atoms with Crippen molar-refractivity contribution in [3.05, 3.63) is 88.3 Å². The van der Waals surface area contributed by atoms with Crippen LogP contribution in [0.25, 0.3) is 6.08 Å². The number of aliphatic imine (C=N–C) groups is 1. The van der Waals surface area contributed by atoms with Crippen molar-refractivity contribution in [2.75, 3.05) is 18.6 Å². The summed E-state index contributed by atoms with van der Waals surface area (Å²) >= 11 is 1.30. The second-order valence-electron chi connectivity index (χ2n) is 7.81. The van der Waals surface area contributed by atoms with Gasteiger partial charge in [0.2, 0.25) is 0 Å². The number of amides is 1. The predicted octanol–water partition coefficient (Wildman–Crippen LogP) is 5.58. The van der Waals surface area contributed by atoms with E-state index in [2.05, 4.69) is 0 Å². The smallest absolute Gasteiger partial charge is 0.341 e. The molecule has 35 heavy (non-hydrogen) atoms. The van der Waals surface area contributed by atoms with Crippen molar-refractivity contribution in [1.82, 2.24) is 0 Å². The average molecular weight is 489 g/mol. The van der Waals surface area contributed by atoms with Gasteiger partial charge in [-0.2, -0.15) is 0 Å². The number of methoxy groups -OCH3 is 1. The molecule has 0 aliphatic carbocycles. The Morgan fingerprint density at radius 3 is 2.40 bits per heavy atom. The number of ether oxygens (including phenoxy) is 2. The number of carboxylic acids is 1. The molecule has 1 N–H and O–H groups in total. The number of aliphatic carboxylic acids is 1. The molecule has 3 aromatic rings. The Morgan fingerprint density at radius 2 is 1.74 bits per heavy atom. The molecule has 8 heteroatoms. The Labute approximate surface area is 207 Å². The summed E-state index contributed by atoms with van der Waals surface area (Å²) in [5.41, 5.74) is 4.33. The van der Waals surface area contributed by atoms with Crippen LogP contribution in [0.3, 0.4) is 0 Å². The molecule has 1 heterocycles. The number of para-hydroxylation sites is 2. The average Bonchev–Trinajstić information content (AvgIpc) is 3.15. The monoisotopic (exact) mass is 488 g/mol. The second kappa shape index (κ2) is 10.5. The number of thioether (sulfide) groups is 1. The van der Waals surface area contributed by atoms with Gasteiger partial charge in [0, 0.05) is 0 Å². The highest BCUT2D eigenvalue weighted by Crippen LogP contribution is 2.39. The standard InChI is InChI=1S/C27H24N2O5S/c1-17-8-7-9-18(2)25(17)28-27-29(20-10-5-4-6-11-20)26(32)23(35-27)15-19-12-13-21(22(14-19)33-3)34-16-24(30)31/h4-15H,16H2,1-3H3,(H,30,31). The second-order valence-corrected chi connectivity index (χ2v) is 8.82. The Morgan fingerprint density at radius 1 is 1.03 bits per heavy atom. The predicted molar refractivity (Wildman–Crippen MR) is 139 cm³/mol. The maximum Gasteiger partial charge on any atom is 0.341 e. The van der Waals surface area contributed by atoms with Crippen LogP contribution in [0.4, 0.5) is 11.4 Å². The number of amidine groups is 1. The summed E-state index contributed by atoms with van der Waals surface area (Å²) in [6, 6.07) is 20.5. The van der Waals surface area contributed by atoms with Crippen LogP contribution in [-0.2, 0) is 9.59 Å². The molecule has 1 saturated heterocycles. The Hall–Kier alpha value is -4.04. The van der Waals surface area contributed by atoms with Crippen molar-refractivity contribution in [2.45, 2.75) is 13.8 Å². The summed E-state index contributed by atoms with van der Waals surface area (Å²) in [4.78, 5) is 31.3. The maximum atomic E-state index is 13.5. The molecule has 178 valence electrons. The van der Waals surface area contributed by atoms with Crippen LogP contribution >= 0.6 is 11.8 Å². The van der Waals surface area contributed by atoms with Gasteiger partial charge in [-0.15, -0.1) is 0 Å². The van der Waals surface area contributed by atoms with E-state index in [4.69, 9.17) is 19.6 Å². The number of anilines is 1. The molecule has 3 aromatic carbocycles. The van der Waals surface area contributed by atoms with Crippen LogP contribution < -0.4 is 14.4 Å². The molecule has 0 bridgehead atoms. The minimum atomic E-state index is -1.08. The molecular weight excluding hydrogens is 464 g/mol. The molecule has 1 amide bonds. The van der Waals surface area contributed by atoms with Crippen LogP contribution in [-0.4, -0.2) is 35.9 Å². The number of carbonyl (C=O) groups is 2. The molecule has 0 unspecified atom stereocenters. The van der Waals surface area contributed by atoms with Crippen LogP contribution in [0.15, 0.2) is 76.6 Å². The molecule has 0 radical (unpaired) electrons. The third-order valence-electron chi connectivity index (χ3n) is 5.30. The Balaban J connectivity index is 1.73. The molecule has 4 rings (SSSR count). The van der Waals surface area contributed by atoms with Crippen LogP contribution in [0.1, 0.15) is 16.7 Å². The first-order valence-corrected chi connectivity index (χ1v) is 11.7. The van der Waals surface area contributed by atoms with E-state index in [-0.39, 0.29) is 5.91 Å². The van der Waals surface area contributed by atoms with Crippen LogP contribution in [0, 0.1) is 13.8 Å². The molecule has 1 fully saturated rings. The van der Waals surface area contributed by atoms with Gasteiger partial charge in [0.1, 0.15) is 0 Å². The van der Waals surface area contributed by atoms with Gasteiger partial charge in [0.05, 0.1) is 23.4 Å².